The first-order chi connectivity index (χ1) is 20.4. The van der Waals surface area contributed by atoms with Crippen LogP contribution in [0.4, 0.5) is 4.39 Å². The zero-order valence-corrected chi connectivity index (χ0v) is 23.7. The normalized spacial score (nSPS) is 11.5. The molecule has 2 heterocycles. The zero-order chi connectivity index (χ0) is 29.1. The lowest BCUT2D eigenvalue weighted by Gasteiger charge is -2.10. The summed E-state index contributed by atoms with van der Waals surface area (Å²) in [6.07, 6.45) is 1.53. The number of carbonyl (C=O) groups excluding carboxylic acids is 1. The lowest BCUT2D eigenvalue weighted by molar-refractivity contribution is -0.118. The Morgan fingerprint density at radius 3 is 2.24 bits per heavy atom. The largest absolute Gasteiger partial charge is 0.351 e. The van der Waals surface area contributed by atoms with Gasteiger partial charge in [-0.05, 0) is 48.0 Å². The quantitative estimate of drug-likeness (QED) is 0.216. The van der Waals surface area contributed by atoms with Gasteiger partial charge in [0.25, 0.3) is 10.0 Å². The van der Waals surface area contributed by atoms with E-state index >= 15 is 0 Å². The molecule has 0 aliphatic rings. The molecule has 0 atom stereocenters. The Labute approximate surface area is 245 Å². The van der Waals surface area contributed by atoms with Crippen molar-refractivity contribution in [1.82, 2.24) is 24.1 Å². The molecule has 4 aromatic carbocycles. The van der Waals surface area contributed by atoms with Gasteiger partial charge in [0.15, 0.2) is 11.0 Å². The van der Waals surface area contributed by atoms with Crippen molar-refractivity contribution in [3.63, 3.8) is 0 Å². The molecule has 0 fully saturated rings. The number of amides is 1. The summed E-state index contributed by atoms with van der Waals surface area (Å²) in [6, 6.07) is 30.7. The molecule has 6 aromatic rings. The molecule has 42 heavy (non-hydrogen) atoms. The van der Waals surface area contributed by atoms with Gasteiger partial charge in [-0.3, -0.25) is 9.36 Å². The Morgan fingerprint density at radius 2 is 1.50 bits per heavy atom. The summed E-state index contributed by atoms with van der Waals surface area (Å²) in [5.74, 6) is -0.180. The number of fused-ring (bicyclic) bond motifs is 1. The van der Waals surface area contributed by atoms with Crippen LogP contribution >= 0.6 is 11.8 Å². The van der Waals surface area contributed by atoms with Crippen molar-refractivity contribution in [1.29, 1.82) is 0 Å². The third-order valence-electron chi connectivity index (χ3n) is 6.60. The van der Waals surface area contributed by atoms with Crippen molar-refractivity contribution in [2.45, 2.75) is 16.6 Å². The predicted octanol–water partition coefficient (Wildman–Crippen LogP) is 5.67. The molecule has 8 nitrogen and oxygen atoms in total. The maximum absolute atomic E-state index is 13.9. The summed E-state index contributed by atoms with van der Waals surface area (Å²) in [7, 11) is -3.93. The van der Waals surface area contributed by atoms with E-state index in [0.29, 0.717) is 39.7 Å². The Morgan fingerprint density at radius 1 is 0.833 bits per heavy atom. The molecule has 0 unspecified atom stereocenters. The van der Waals surface area contributed by atoms with Crippen LogP contribution in [-0.4, -0.2) is 38.8 Å². The summed E-state index contributed by atoms with van der Waals surface area (Å²) in [5.41, 5.74) is 2.53. The molecule has 0 bridgehead atoms. The van der Waals surface area contributed by atoms with Crippen molar-refractivity contribution in [2.24, 2.45) is 0 Å². The van der Waals surface area contributed by atoms with E-state index in [0.717, 1.165) is 5.56 Å². The third kappa shape index (κ3) is 5.44. The highest BCUT2D eigenvalue weighted by Gasteiger charge is 2.25. The highest BCUT2D eigenvalue weighted by molar-refractivity contribution is 7.99. The first-order valence-corrected chi connectivity index (χ1v) is 15.4. The molecule has 0 spiro atoms. The van der Waals surface area contributed by atoms with Gasteiger partial charge in [-0.2, -0.15) is 0 Å². The molecule has 6 rings (SSSR count). The second kappa shape index (κ2) is 11.6. The van der Waals surface area contributed by atoms with E-state index in [9.17, 15) is 17.6 Å². The minimum Gasteiger partial charge on any atom is -0.351 e. The lowest BCUT2D eigenvalue weighted by atomic mass is 10.1. The van der Waals surface area contributed by atoms with Crippen LogP contribution in [-0.2, 0) is 21.4 Å². The summed E-state index contributed by atoms with van der Waals surface area (Å²) < 4.78 is 44.1. The summed E-state index contributed by atoms with van der Waals surface area (Å²) >= 11 is 1.18. The van der Waals surface area contributed by atoms with Crippen LogP contribution in [0.2, 0.25) is 0 Å². The third-order valence-corrected chi connectivity index (χ3v) is 9.22. The topological polar surface area (TPSA) is 98.9 Å². The molecule has 2 aromatic heterocycles. The van der Waals surface area contributed by atoms with Crippen LogP contribution < -0.4 is 5.32 Å². The number of hydrogen-bond donors (Lipinski definition) is 1. The number of rotatable bonds is 9. The first-order valence-electron chi connectivity index (χ1n) is 13.0. The van der Waals surface area contributed by atoms with Crippen molar-refractivity contribution < 1.29 is 17.6 Å². The lowest BCUT2D eigenvalue weighted by Crippen LogP contribution is -2.24. The summed E-state index contributed by atoms with van der Waals surface area (Å²) in [6.45, 7) is 0.394. The van der Waals surface area contributed by atoms with Gasteiger partial charge in [0.05, 0.1) is 16.2 Å². The minimum atomic E-state index is -3.93. The maximum Gasteiger partial charge on any atom is 0.268 e. The fourth-order valence-corrected chi connectivity index (χ4v) is 6.74. The van der Waals surface area contributed by atoms with Crippen LogP contribution in [0.25, 0.3) is 28.0 Å². The highest BCUT2D eigenvalue weighted by Crippen LogP contribution is 2.35. The SMILES string of the molecule is O=C(CSc1nnc(-c2cn(S(=O)(=O)c3ccccc3)c3ccccc23)n1-c1ccc(F)cc1)NCc1ccccc1. The van der Waals surface area contributed by atoms with Gasteiger partial charge in [-0.1, -0.05) is 78.5 Å². The molecular weight excluding hydrogens is 574 g/mol. The van der Waals surface area contributed by atoms with Crippen molar-refractivity contribution in [2.75, 3.05) is 5.75 Å². The second-order valence-corrected chi connectivity index (χ2v) is 12.1. The van der Waals surface area contributed by atoms with E-state index in [2.05, 4.69) is 15.5 Å². The predicted molar refractivity (Wildman–Crippen MR) is 160 cm³/mol. The van der Waals surface area contributed by atoms with Gasteiger partial charge in [-0.25, -0.2) is 16.8 Å². The average molecular weight is 598 g/mol. The van der Waals surface area contributed by atoms with Crippen LogP contribution in [0, 0.1) is 5.82 Å². The monoisotopic (exact) mass is 597 g/mol. The number of para-hydroxylation sites is 1. The molecule has 0 saturated carbocycles. The number of aromatic nitrogens is 4. The van der Waals surface area contributed by atoms with E-state index in [1.807, 2.05) is 42.5 Å². The number of thioether (sulfide) groups is 1. The van der Waals surface area contributed by atoms with Crippen LogP contribution in [0.5, 0.6) is 0 Å². The van der Waals surface area contributed by atoms with Crippen LogP contribution in [0.1, 0.15) is 5.56 Å². The zero-order valence-electron chi connectivity index (χ0n) is 22.1. The molecule has 1 amide bonds. The van der Waals surface area contributed by atoms with E-state index in [1.165, 1.54) is 34.1 Å². The average Bonchev–Trinajstić information content (AvgIpc) is 3.62. The molecule has 0 aliphatic carbocycles. The summed E-state index contributed by atoms with van der Waals surface area (Å²) in [5, 5.41) is 12.7. The Bertz CT molecular complexity index is 1970. The molecular formula is C31H24FN5O3S2. The van der Waals surface area contributed by atoms with Crippen molar-refractivity contribution >= 4 is 38.6 Å². The first kappa shape index (κ1) is 27.4. The fraction of sp³-hybridized carbons (Fsp3) is 0.0645. The molecule has 0 radical (unpaired) electrons. The van der Waals surface area contributed by atoms with E-state index in [4.69, 9.17) is 0 Å². The number of halogens is 1. The van der Waals surface area contributed by atoms with Gasteiger partial charge in [-0.15, -0.1) is 10.2 Å². The van der Waals surface area contributed by atoms with Crippen molar-refractivity contribution in [3.8, 4) is 17.1 Å². The van der Waals surface area contributed by atoms with Gasteiger partial charge in [0.2, 0.25) is 5.91 Å². The van der Waals surface area contributed by atoms with Crippen LogP contribution in [0.3, 0.4) is 0 Å². The number of hydrogen-bond acceptors (Lipinski definition) is 6. The number of benzene rings is 4. The maximum atomic E-state index is 13.9. The Kier molecular flexibility index (Phi) is 7.60. The van der Waals surface area contributed by atoms with E-state index < -0.39 is 15.8 Å². The van der Waals surface area contributed by atoms with Gasteiger partial charge >= 0.3 is 0 Å². The Balaban J connectivity index is 1.39. The number of nitrogens with one attached hydrogen (secondary N) is 1. The highest BCUT2D eigenvalue weighted by atomic mass is 32.2. The minimum absolute atomic E-state index is 0.0658. The van der Waals surface area contributed by atoms with Gasteiger partial charge < -0.3 is 5.32 Å². The summed E-state index contributed by atoms with van der Waals surface area (Å²) in [4.78, 5) is 12.8. The van der Waals surface area contributed by atoms with Crippen LogP contribution in [0.15, 0.2) is 125 Å². The molecule has 0 aliphatic heterocycles. The Hall–Kier alpha value is -4.74. The number of carbonyl (C=O) groups is 1. The molecule has 210 valence electrons. The second-order valence-electron chi connectivity index (χ2n) is 9.34. The van der Waals surface area contributed by atoms with Crippen molar-refractivity contribution in [3.05, 3.63) is 127 Å². The smallest absolute Gasteiger partial charge is 0.268 e. The number of nitrogens with zero attached hydrogens (tertiary/aromatic N) is 4. The van der Waals surface area contributed by atoms with E-state index in [-0.39, 0.29) is 16.6 Å². The van der Waals surface area contributed by atoms with Gasteiger partial charge in [0, 0.05) is 29.4 Å². The molecule has 0 saturated heterocycles. The van der Waals surface area contributed by atoms with Gasteiger partial charge in [0.1, 0.15) is 5.82 Å². The molecule has 1 N–H and O–H groups in total. The fourth-order valence-electron chi connectivity index (χ4n) is 4.57. The molecule has 11 heteroatoms. The van der Waals surface area contributed by atoms with E-state index in [1.54, 1.807) is 59.2 Å². The standard InChI is InChI=1S/C31H24FN5O3S2/c32-23-15-17-24(18-16-23)37-30(34-35-31(37)41-21-29(38)33-19-22-9-3-1-4-10-22)27-20-36(28-14-8-7-13-26(27)28)42(39,40)25-11-5-2-6-12-25/h1-18,20H,19,21H2,(H,33,38).